The summed E-state index contributed by atoms with van der Waals surface area (Å²) in [5.41, 5.74) is 0.839. The maximum Gasteiger partial charge on any atom is 0.387 e. The second-order valence-electron chi connectivity index (χ2n) is 9.73. The predicted molar refractivity (Wildman–Crippen MR) is 126 cm³/mol. The van der Waals surface area contributed by atoms with E-state index in [1.54, 1.807) is 24.2 Å². The van der Waals surface area contributed by atoms with Crippen LogP contribution in [0.15, 0.2) is 18.2 Å². The minimum atomic E-state index is -2.80. The molecule has 1 aliphatic carbocycles. The first-order valence-corrected chi connectivity index (χ1v) is 15.1. The first-order valence-electron chi connectivity index (χ1n) is 12.3. The van der Waals surface area contributed by atoms with E-state index in [0.717, 1.165) is 36.2 Å². The molecule has 2 fully saturated rings. The Balaban J connectivity index is 1.33. The van der Waals surface area contributed by atoms with Crippen LogP contribution < -0.4 is 4.74 Å². The van der Waals surface area contributed by atoms with Gasteiger partial charge in [-0.15, -0.1) is 0 Å². The number of hydrogen-bond acceptors (Lipinski definition) is 1. The summed E-state index contributed by atoms with van der Waals surface area (Å²) in [6.07, 6.45) is 14.4. The standard InChI is InChI=1S/C25H39ClF2OSi/c1-2-15-30-16-13-21(14-17-30)20-9-7-19(8-10-20)5-3-4-6-22-11-12-23(26)18-24(22)29-25(27)28/h11-12,18-21,25,30H,2-10,13-17H2,1H3/t19-,20-,21-,30-. The molecule has 0 amide bonds. The summed E-state index contributed by atoms with van der Waals surface area (Å²) < 4.78 is 29.9. The van der Waals surface area contributed by atoms with E-state index in [0.29, 0.717) is 5.02 Å². The summed E-state index contributed by atoms with van der Waals surface area (Å²) >= 11 is 5.93. The Morgan fingerprint density at radius 3 is 2.40 bits per heavy atom. The van der Waals surface area contributed by atoms with Gasteiger partial charge in [0.15, 0.2) is 0 Å². The van der Waals surface area contributed by atoms with E-state index < -0.39 is 6.61 Å². The van der Waals surface area contributed by atoms with Crippen molar-refractivity contribution in [3.8, 4) is 5.75 Å². The summed E-state index contributed by atoms with van der Waals surface area (Å²) in [5.74, 6) is 3.13. The van der Waals surface area contributed by atoms with E-state index in [2.05, 4.69) is 11.7 Å². The lowest BCUT2D eigenvalue weighted by atomic mass is 9.73. The fourth-order valence-corrected chi connectivity index (χ4v) is 9.64. The molecule has 1 heterocycles. The Hall–Kier alpha value is -0.613. The summed E-state index contributed by atoms with van der Waals surface area (Å²) in [6.45, 7) is -0.451. The van der Waals surface area contributed by atoms with Crippen LogP contribution in [-0.4, -0.2) is 15.4 Å². The van der Waals surface area contributed by atoms with Gasteiger partial charge < -0.3 is 4.74 Å². The minimum absolute atomic E-state index is 0.231. The van der Waals surface area contributed by atoms with Crippen LogP contribution in [0.25, 0.3) is 0 Å². The molecule has 0 bridgehead atoms. The molecule has 0 unspecified atom stereocenters. The zero-order valence-corrected chi connectivity index (χ0v) is 20.5. The van der Waals surface area contributed by atoms with Crippen LogP contribution in [0.3, 0.4) is 0 Å². The molecule has 170 valence electrons. The number of ether oxygens (including phenoxy) is 1. The van der Waals surface area contributed by atoms with Gasteiger partial charge in [-0.2, -0.15) is 8.78 Å². The number of alkyl halides is 2. The molecule has 1 aromatic rings. The van der Waals surface area contributed by atoms with E-state index >= 15 is 0 Å². The van der Waals surface area contributed by atoms with Crippen molar-refractivity contribution in [3.05, 3.63) is 28.8 Å². The SMILES string of the molecule is CCC[Si@H]1CC[C@H]([C@H]2CC[C@H](CCCCc3ccc(Cl)cc3OC(F)F)CC2)CC1. The van der Waals surface area contributed by atoms with Gasteiger partial charge in [0.2, 0.25) is 0 Å². The van der Waals surface area contributed by atoms with Crippen molar-refractivity contribution in [3.63, 3.8) is 0 Å². The fourth-order valence-electron chi connectivity index (χ4n) is 5.99. The van der Waals surface area contributed by atoms with E-state index in [9.17, 15) is 8.78 Å². The Labute approximate surface area is 188 Å². The first kappa shape index (κ1) is 24.0. The van der Waals surface area contributed by atoms with Gasteiger partial charge in [0.25, 0.3) is 0 Å². The van der Waals surface area contributed by atoms with Crippen LogP contribution in [0.5, 0.6) is 5.75 Å². The van der Waals surface area contributed by atoms with Crippen LogP contribution in [0.2, 0.25) is 23.2 Å². The summed E-state index contributed by atoms with van der Waals surface area (Å²) in [6, 6.07) is 9.88. The third-order valence-corrected chi connectivity index (χ3v) is 11.6. The topological polar surface area (TPSA) is 9.23 Å². The van der Waals surface area contributed by atoms with Crippen LogP contribution in [0, 0.1) is 17.8 Å². The summed E-state index contributed by atoms with van der Waals surface area (Å²) in [4.78, 5) is 0. The Morgan fingerprint density at radius 1 is 1.03 bits per heavy atom. The van der Waals surface area contributed by atoms with Crippen molar-refractivity contribution < 1.29 is 13.5 Å². The lowest BCUT2D eigenvalue weighted by molar-refractivity contribution is -0.0504. The van der Waals surface area contributed by atoms with Crippen molar-refractivity contribution in [2.75, 3.05) is 0 Å². The molecule has 3 rings (SSSR count). The second kappa shape index (κ2) is 12.4. The molecule has 5 heteroatoms. The molecule has 0 radical (unpaired) electrons. The number of aryl methyl sites for hydroxylation is 1. The average Bonchev–Trinajstić information content (AvgIpc) is 2.73. The molecule has 1 saturated heterocycles. The predicted octanol–water partition coefficient (Wildman–Crippen LogP) is 8.51. The van der Waals surface area contributed by atoms with Crippen molar-refractivity contribution >= 4 is 20.4 Å². The van der Waals surface area contributed by atoms with Gasteiger partial charge in [0.05, 0.1) is 0 Å². The van der Waals surface area contributed by atoms with E-state index in [1.165, 1.54) is 63.9 Å². The number of hydrogen-bond donors (Lipinski definition) is 0. The van der Waals surface area contributed by atoms with Crippen LogP contribution in [0.4, 0.5) is 8.78 Å². The number of benzene rings is 1. The third kappa shape index (κ3) is 7.51. The lowest BCUT2D eigenvalue weighted by Crippen LogP contribution is -2.28. The van der Waals surface area contributed by atoms with Crippen molar-refractivity contribution in [1.29, 1.82) is 0 Å². The highest BCUT2D eigenvalue weighted by molar-refractivity contribution is 6.58. The van der Waals surface area contributed by atoms with Crippen molar-refractivity contribution in [2.45, 2.75) is 102 Å². The monoisotopic (exact) mass is 456 g/mol. The third-order valence-electron chi connectivity index (χ3n) is 7.70. The van der Waals surface area contributed by atoms with E-state index in [4.69, 9.17) is 11.6 Å². The molecular weight excluding hydrogens is 418 g/mol. The van der Waals surface area contributed by atoms with Gasteiger partial charge in [-0.1, -0.05) is 87.7 Å². The maximum absolute atomic E-state index is 12.6. The smallest absolute Gasteiger partial charge is 0.387 e. The average molecular weight is 457 g/mol. The van der Waals surface area contributed by atoms with E-state index in [-0.39, 0.29) is 14.5 Å². The Bertz CT molecular complexity index is 626. The highest BCUT2D eigenvalue weighted by Crippen LogP contribution is 2.42. The number of unbranched alkanes of at least 4 members (excludes halogenated alkanes) is 1. The van der Waals surface area contributed by atoms with Crippen molar-refractivity contribution in [1.82, 2.24) is 0 Å². The van der Waals surface area contributed by atoms with Crippen LogP contribution in [0.1, 0.15) is 76.7 Å². The zero-order valence-electron chi connectivity index (χ0n) is 18.6. The van der Waals surface area contributed by atoms with Gasteiger partial charge in [-0.05, 0) is 61.1 Å². The largest absolute Gasteiger partial charge is 0.434 e. The molecule has 2 aliphatic rings. The molecule has 1 aromatic carbocycles. The Kier molecular flexibility index (Phi) is 9.96. The zero-order chi connectivity index (χ0) is 21.3. The fraction of sp³-hybridized carbons (Fsp3) is 0.760. The highest BCUT2D eigenvalue weighted by Gasteiger charge is 2.30. The quantitative estimate of drug-likeness (QED) is 0.253. The number of halogens is 3. The number of rotatable bonds is 10. The molecule has 0 atom stereocenters. The minimum Gasteiger partial charge on any atom is -0.434 e. The molecule has 1 saturated carbocycles. The van der Waals surface area contributed by atoms with E-state index in [1.807, 2.05) is 6.07 Å². The molecule has 0 aromatic heterocycles. The normalized spacial score (nSPS) is 27.4. The van der Waals surface area contributed by atoms with Crippen LogP contribution >= 0.6 is 11.6 Å². The molecule has 0 spiro atoms. The first-order chi connectivity index (χ1) is 14.5. The molecular formula is C25H39ClF2OSi. The Morgan fingerprint density at radius 2 is 1.73 bits per heavy atom. The molecule has 0 N–H and O–H groups in total. The second-order valence-corrected chi connectivity index (χ2v) is 13.6. The van der Waals surface area contributed by atoms with Gasteiger partial charge in [-0.3, -0.25) is 0 Å². The molecule has 30 heavy (non-hydrogen) atoms. The van der Waals surface area contributed by atoms with Gasteiger partial charge in [0, 0.05) is 13.8 Å². The van der Waals surface area contributed by atoms with Gasteiger partial charge in [-0.25, -0.2) is 0 Å². The summed E-state index contributed by atoms with van der Waals surface area (Å²) in [5, 5.41) is 0.437. The van der Waals surface area contributed by atoms with Crippen LogP contribution in [-0.2, 0) is 6.42 Å². The lowest BCUT2D eigenvalue weighted by Gasteiger charge is -2.37. The van der Waals surface area contributed by atoms with Gasteiger partial charge >= 0.3 is 6.61 Å². The molecule has 1 aliphatic heterocycles. The molecule has 1 nitrogen and oxygen atoms in total. The van der Waals surface area contributed by atoms with Gasteiger partial charge in [0.1, 0.15) is 5.75 Å². The maximum atomic E-state index is 12.6. The van der Waals surface area contributed by atoms with Crippen molar-refractivity contribution in [2.24, 2.45) is 17.8 Å². The highest BCUT2D eigenvalue weighted by atomic mass is 35.5. The summed E-state index contributed by atoms with van der Waals surface area (Å²) in [7, 11) is -0.350.